The van der Waals surface area contributed by atoms with Crippen molar-refractivity contribution in [3.63, 3.8) is 0 Å². The number of halogens is 1. The third kappa shape index (κ3) is 6.79. The van der Waals surface area contributed by atoms with Crippen molar-refractivity contribution in [1.82, 2.24) is 14.7 Å². The van der Waals surface area contributed by atoms with Crippen molar-refractivity contribution < 1.29 is 14.0 Å². The Kier molecular flexibility index (Phi) is 8.97. The molecule has 3 rings (SSSR count). The SMILES string of the molecule is CCN(CC(=O)Nc1cc(C(C)(C)C)nn1-c1ccc(F)cc1)C(=O)Nc1c(C(C)C)cccc1C(C)C. The second-order valence-electron chi connectivity index (χ2n) is 11.2. The van der Waals surface area contributed by atoms with Crippen molar-refractivity contribution in [2.24, 2.45) is 0 Å². The van der Waals surface area contributed by atoms with E-state index in [0.717, 1.165) is 22.5 Å². The number of aromatic nitrogens is 2. The molecule has 0 atom stereocenters. The van der Waals surface area contributed by atoms with Gasteiger partial charge in [0, 0.05) is 23.7 Å². The van der Waals surface area contributed by atoms with Crippen LogP contribution < -0.4 is 10.6 Å². The molecule has 0 fully saturated rings. The average Bonchev–Trinajstić information content (AvgIpc) is 3.27. The highest BCUT2D eigenvalue weighted by Gasteiger charge is 2.24. The number of benzene rings is 2. The molecule has 2 aromatic carbocycles. The maximum Gasteiger partial charge on any atom is 0.322 e. The molecule has 38 heavy (non-hydrogen) atoms. The number of urea groups is 1. The fourth-order valence-corrected chi connectivity index (χ4v) is 4.18. The summed E-state index contributed by atoms with van der Waals surface area (Å²) < 4.78 is 15.1. The zero-order chi connectivity index (χ0) is 28.2. The van der Waals surface area contributed by atoms with Gasteiger partial charge in [0.15, 0.2) is 0 Å². The molecule has 0 aliphatic rings. The van der Waals surface area contributed by atoms with Crippen LogP contribution in [0.4, 0.5) is 20.7 Å². The van der Waals surface area contributed by atoms with Gasteiger partial charge in [0.1, 0.15) is 18.2 Å². The molecule has 2 N–H and O–H groups in total. The van der Waals surface area contributed by atoms with Crippen molar-refractivity contribution in [2.75, 3.05) is 23.7 Å². The third-order valence-electron chi connectivity index (χ3n) is 6.42. The molecule has 0 spiro atoms. The van der Waals surface area contributed by atoms with Crippen LogP contribution in [0.15, 0.2) is 48.5 Å². The van der Waals surface area contributed by atoms with E-state index < -0.39 is 0 Å². The van der Waals surface area contributed by atoms with Crippen LogP contribution in [-0.2, 0) is 10.2 Å². The number of hydrogen-bond donors (Lipinski definition) is 2. The highest BCUT2D eigenvalue weighted by atomic mass is 19.1. The summed E-state index contributed by atoms with van der Waals surface area (Å²) in [6.07, 6.45) is 0. The quantitative estimate of drug-likeness (QED) is 0.333. The van der Waals surface area contributed by atoms with Crippen LogP contribution in [-0.4, -0.2) is 39.7 Å². The molecule has 0 radical (unpaired) electrons. The maximum absolute atomic E-state index is 13.5. The number of carbonyl (C=O) groups is 2. The summed E-state index contributed by atoms with van der Waals surface area (Å²) in [6, 6.07) is 13.5. The second-order valence-corrected chi connectivity index (χ2v) is 11.2. The zero-order valence-electron chi connectivity index (χ0n) is 23.7. The fraction of sp³-hybridized carbons (Fsp3) is 0.433. The van der Waals surface area contributed by atoms with E-state index in [1.807, 2.05) is 52.0 Å². The van der Waals surface area contributed by atoms with Gasteiger partial charge < -0.3 is 15.5 Å². The Morgan fingerprint density at radius 3 is 2.05 bits per heavy atom. The normalized spacial score (nSPS) is 11.7. The van der Waals surface area contributed by atoms with E-state index in [9.17, 15) is 14.0 Å². The topological polar surface area (TPSA) is 79.3 Å². The zero-order valence-corrected chi connectivity index (χ0v) is 23.7. The average molecular weight is 522 g/mol. The lowest BCUT2D eigenvalue weighted by Gasteiger charge is -2.25. The van der Waals surface area contributed by atoms with E-state index in [1.165, 1.54) is 17.0 Å². The number of hydrogen-bond acceptors (Lipinski definition) is 3. The number of likely N-dealkylation sites (N-methyl/N-ethyl adjacent to an activating group) is 1. The molecule has 0 saturated carbocycles. The monoisotopic (exact) mass is 521 g/mol. The molecule has 0 bridgehead atoms. The summed E-state index contributed by atoms with van der Waals surface area (Å²) in [5.74, 6) is 0.200. The molecule has 0 aliphatic carbocycles. The predicted octanol–water partition coefficient (Wildman–Crippen LogP) is 7.05. The number of rotatable bonds is 8. The van der Waals surface area contributed by atoms with Crippen LogP contribution in [0, 0.1) is 5.82 Å². The molecule has 1 aromatic heterocycles. The van der Waals surface area contributed by atoms with E-state index in [4.69, 9.17) is 0 Å². The van der Waals surface area contributed by atoms with Crippen molar-refractivity contribution in [1.29, 1.82) is 0 Å². The Morgan fingerprint density at radius 2 is 1.55 bits per heavy atom. The molecular formula is C30H40FN5O2. The Balaban J connectivity index is 1.83. The Bertz CT molecular complexity index is 1250. The minimum absolute atomic E-state index is 0.136. The van der Waals surface area contributed by atoms with Gasteiger partial charge in [-0.05, 0) is 54.2 Å². The molecule has 204 valence electrons. The minimum atomic E-state index is -0.355. The maximum atomic E-state index is 13.5. The van der Waals surface area contributed by atoms with Gasteiger partial charge in [-0.2, -0.15) is 5.10 Å². The first-order chi connectivity index (χ1) is 17.8. The first-order valence-electron chi connectivity index (χ1n) is 13.2. The van der Waals surface area contributed by atoms with Gasteiger partial charge in [-0.15, -0.1) is 0 Å². The van der Waals surface area contributed by atoms with E-state index in [1.54, 1.807) is 16.8 Å². The molecule has 1 heterocycles. The summed E-state index contributed by atoms with van der Waals surface area (Å²) in [4.78, 5) is 27.9. The van der Waals surface area contributed by atoms with Gasteiger partial charge in [0.05, 0.1) is 11.4 Å². The van der Waals surface area contributed by atoms with Crippen LogP contribution >= 0.6 is 0 Å². The van der Waals surface area contributed by atoms with Crippen molar-refractivity contribution in [3.8, 4) is 5.69 Å². The Hall–Kier alpha value is -3.68. The highest BCUT2D eigenvalue weighted by molar-refractivity contribution is 5.97. The first-order valence-corrected chi connectivity index (χ1v) is 13.2. The Morgan fingerprint density at radius 1 is 0.974 bits per heavy atom. The van der Waals surface area contributed by atoms with Crippen LogP contribution in [0.25, 0.3) is 5.69 Å². The molecule has 3 amide bonds. The van der Waals surface area contributed by atoms with Crippen molar-refractivity contribution >= 4 is 23.4 Å². The number of carbonyl (C=O) groups excluding carboxylic acids is 2. The molecule has 0 saturated heterocycles. The molecule has 0 aliphatic heterocycles. The minimum Gasteiger partial charge on any atom is -0.315 e. The number of amides is 3. The molecular weight excluding hydrogens is 481 g/mol. The van der Waals surface area contributed by atoms with E-state index in [-0.39, 0.29) is 41.6 Å². The summed E-state index contributed by atoms with van der Waals surface area (Å²) in [5.41, 5.74) is 4.05. The summed E-state index contributed by atoms with van der Waals surface area (Å²) in [7, 11) is 0. The van der Waals surface area contributed by atoms with Gasteiger partial charge >= 0.3 is 6.03 Å². The van der Waals surface area contributed by atoms with E-state index in [2.05, 4.69) is 43.4 Å². The van der Waals surface area contributed by atoms with Gasteiger partial charge in [-0.3, -0.25) is 4.79 Å². The lowest BCUT2D eigenvalue weighted by Crippen LogP contribution is -2.41. The van der Waals surface area contributed by atoms with Crippen LogP contribution in [0.3, 0.4) is 0 Å². The van der Waals surface area contributed by atoms with E-state index >= 15 is 0 Å². The van der Waals surface area contributed by atoms with Crippen molar-refractivity contribution in [2.45, 2.75) is 72.6 Å². The Labute approximate surface area is 225 Å². The number of anilines is 2. The largest absolute Gasteiger partial charge is 0.322 e. The van der Waals surface area contributed by atoms with Gasteiger partial charge in [-0.1, -0.05) is 66.7 Å². The summed E-state index contributed by atoms with van der Waals surface area (Å²) in [5, 5.41) is 10.7. The smallest absolute Gasteiger partial charge is 0.315 e. The molecule has 0 unspecified atom stereocenters. The van der Waals surface area contributed by atoms with Crippen LogP contribution in [0.2, 0.25) is 0 Å². The number of nitrogens with one attached hydrogen (secondary N) is 2. The fourth-order valence-electron chi connectivity index (χ4n) is 4.18. The standard InChI is InChI=1S/C30H40FN5O2/c1-9-35(29(38)33-28-23(19(2)3)11-10-12-24(28)20(4)5)18-27(37)32-26-17-25(30(6,7)8)34-36(26)22-15-13-21(31)14-16-22/h10-17,19-20H,9,18H2,1-8H3,(H,32,37)(H,33,38). The molecule has 8 heteroatoms. The highest BCUT2D eigenvalue weighted by Crippen LogP contribution is 2.32. The lowest BCUT2D eigenvalue weighted by atomic mass is 9.92. The number of nitrogens with zero attached hydrogens (tertiary/aromatic N) is 3. The molecule has 3 aromatic rings. The second kappa shape index (κ2) is 11.8. The van der Waals surface area contributed by atoms with Crippen LogP contribution in [0.5, 0.6) is 0 Å². The number of para-hydroxylation sites is 1. The lowest BCUT2D eigenvalue weighted by molar-refractivity contribution is -0.116. The third-order valence-corrected chi connectivity index (χ3v) is 6.42. The predicted molar refractivity (Wildman–Crippen MR) is 152 cm³/mol. The summed E-state index contributed by atoms with van der Waals surface area (Å²) >= 11 is 0. The van der Waals surface area contributed by atoms with Gasteiger partial charge in [0.2, 0.25) is 5.91 Å². The van der Waals surface area contributed by atoms with E-state index in [0.29, 0.717) is 18.1 Å². The molecule has 7 nitrogen and oxygen atoms in total. The van der Waals surface area contributed by atoms with Crippen LogP contribution in [0.1, 0.15) is 84.0 Å². The summed E-state index contributed by atoms with van der Waals surface area (Å²) in [6.45, 7) is 16.5. The van der Waals surface area contributed by atoms with Gasteiger partial charge in [0.25, 0.3) is 0 Å². The first kappa shape index (κ1) is 28.9. The van der Waals surface area contributed by atoms with Gasteiger partial charge in [-0.25, -0.2) is 13.9 Å². The van der Waals surface area contributed by atoms with Crippen molar-refractivity contribution in [3.05, 3.63) is 71.2 Å².